The van der Waals surface area contributed by atoms with E-state index in [4.69, 9.17) is 31.1 Å². The fraction of sp³-hybridized carbons (Fsp3) is 0.238. The molecule has 190 valence electrons. The van der Waals surface area contributed by atoms with Gasteiger partial charge in [-0.05, 0) is 6.07 Å². The lowest BCUT2D eigenvalue weighted by molar-refractivity contribution is -0.909. The molecule has 0 amide bonds. The van der Waals surface area contributed by atoms with Gasteiger partial charge in [-0.15, -0.1) is 0 Å². The summed E-state index contributed by atoms with van der Waals surface area (Å²) in [6.45, 7) is -0.555. The highest BCUT2D eigenvalue weighted by Gasteiger charge is 2.48. The van der Waals surface area contributed by atoms with Crippen LogP contribution in [0.2, 0.25) is 5.02 Å². The summed E-state index contributed by atoms with van der Waals surface area (Å²) in [6.07, 6.45) is -2.70. The second-order valence-electron chi connectivity index (χ2n) is 7.00. The Kier molecular flexibility index (Phi) is 7.54. The topological polar surface area (TPSA) is 110 Å². The molecule has 0 bridgehead atoms. The van der Waals surface area contributed by atoms with Crippen LogP contribution in [0.1, 0.15) is 17.0 Å². The number of aromatic nitrogens is 3. The van der Waals surface area contributed by atoms with Crippen molar-refractivity contribution < 1.29 is 46.1 Å². The zero-order valence-electron chi connectivity index (χ0n) is 18.3. The molecule has 3 rings (SSSR count). The van der Waals surface area contributed by atoms with Crippen LogP contribution >= 0.6 is 11.6 Å². The number of alkyl halides is 4. The lowest BCUT2D eigenvalue weighted by Crippen LogP contribution is -2.38. The van der Waals surface area contributed by atoms with E-state index in [0.717, 1.165) is 18.3 Å². The highest BCUT2D eigenvalue weighted by Crippen LogP contribution is 2.39. The van der Waals surface area contributed by atoms with Crippen LogP contribution in [0.25, 0.3) is 0 Å². The van der Waals surface area contributed by atoms with Crippen LogP contribution in [0.3, 0.4) is 0 Å². The fourth-order valence-electron chi connectivity index (χ4n) is 3.00. The Morgan fingerprint density at radius 1 is 1.22 bits per heavy atom. The molecule has 0 spiro atoms. The summed E-state index contributed by atoms with van der Waals surface area (Å²) in [5, 5.41) is 18.9. The second kappa shape index (κ2) is 10.2. The van der Waals surface area contributed by atoms with Crippen molar-refractivity contribution in [1.82, 2.24) is 9.55 Å². The van der Waals surface area contributed by atoms with Gasteiger partial charge in [-0.3, -0.25) is 14.6 Å². The van der Waals surface area contributed by atoms with Gasteiger partial charge in [-0.25, -0.2) is 18.2 Å². The van der Waals surface area contributed by atoms with E-state index in [1.54, 1.807) is 0 Å². The van der Waals surface area contributed by atoms with Crippen LogP contribution in [0, 0.1) is 17.1 Å². The van der Waals surface area contributed by atoms with E-state index in [9.17, 15) is 32.0 Å². The van der Waals surface area contributed by atoms with Crippen molar-refractivity contribution in [3.05, 3.63) is 68.9 Å². The van der Waals surface area contributed by atoms with E-state index in [1.165, 1.54) is 26.4 Å². The van der Waals surface area contributed by atoms with Crippen molar-refractivity contribution in [1.29, 1.82) is 5.26 Å². The van der Waals surface area contributed by atoms with Crippen LogP contribution in [0.5, 0.6) is 23.0 Å². The SMILES string of the molecule is COc1cc(Cn2cnc(C(F)(F)C(F)F)c(Oc3cc(Cl)cc(C#N)c3F)c2=O)[n+](O)cc1OC. The first kappa shape index (κ1) is 26.5. The minimum absolute atomic E-state index is 0.0587. The maximum absolute atomic E-state index is 14.6. The third-order valence-electron chi connectivity index (χ3n) is 4.77. The number of hydrogen-bond acceptors (Lipinski definition) is 7. The quantitative estimate of drug-likeness (QED) is 0.267. The lowest BCUT2D eigenvalue weighted by atomic mass is 10.2. The Hall–Kier alpha value is -4.12. The van der Waals surface area contributed by atoms with Crippen LogP contribution in [0.4, 0.5) is 22.0 Å². The molecule has 15 heteroatoms. The molecule has 0 aliphatic carbocycles. The first-order chi connectivity index (χ1) is 16.9. The van der Waals surface area contributed by atoms with E-state index >= 15 is 0 Å². The van der Waals surface area contributed by atoms with Crippen molar-refractivity contribution in [3.8, 4) is 29.1 Å². The van der Waals surface area contributed by atoms with Crippen LogP contribution in [-0.4, -0.2) is 35.4 Å². The molecular formula is C21H15ClF5N4O5+. The highest BCUT2D eigenvalue weighted by atomic mass is 35.5. The largest absolute Gasteiger partial charge is 0.492 e. The third kappa shape index (κ3) is 4.96. The number of pyridine rings is 1. The average Bonchev–Trinajstić information content (AvgIpc) is 2.83. The number of hydrogen-bond donors (Lipinski definition) is 1. The molecule has 0 aliphatic heterocycles. The first-order valence-corrected chi connectivity index (χ1v) is 10.0. The average molecular weight is 534 g/mol. The van der Waals surface area contributed by atoms with Crippen molar-refractivity contribution >= 4 is 11.6 Å². The van der Waals surface area contributed by atoms with E-state index in [2.05, 4.69) is 4.98 Å². The fourth-order valence-corrected chi connectivity index (χ4v) is 3.21. The highest BCUT2D eigenvalue weighted by molar-refractivity contribution is 6.30. The predicted octanol–water partition coefficient (Wildman–Crippen LogP) is 3.65. The smallest absolute Gasteiger partial charge is 0.352 e. The van der Waals surface area contributed by atoms with Gasteiger partial charge in [0.1, 0.15) is 12.6 Å². The molecule has 0 fully saturated rings. The number of benzene rings is 1. The lowest BCUT2D eigenvalue weighted by Gasteiger charge is -2.19. The molecule has 0 saturated heterocycles. The molecule has 3 aromatic rings. The Balaban J connectivity index is 2.20. The summed E-state index contributed by atoms with van der Waals surface area (Å²) in [5.74, 6) is -8.52. The molecule has 1 N–H and O–H groups in total. The number of nitriles is 1. The summed E-state index contributed by atoms with van der Waals surface area (Å²) >= 11 is 5.78. The molecule has 0 unspecified atom stereocenters. The van der Waals surface area contributed by atoms with Crippen molar-refractivity contribution in [2.24, 2.45) is 0 Å². The number of rotatable bonds is 8. The number of nitrogens with zero attached hydrogens (tertiary/aromatic N) is 4. The number of methoxy groups -OCH3 is 2. The molecule has 36 heavy (non-hydrogen) atoms. The van der Waals surface area contributed by atoms with Gasteiger partial charge in [-0.2, -0.15) is 14.0 Å². The summed E-state index contributed by atoms with van der Waals surface area (Å²) in [7, 11) is 2.59. The molecule has 9 nitrogen and oxygen atoms in total. The van der Waals surface area contributed by atoms with E-state index in [-0.39, 0.29) is 22.2 Å². The minimum atomic E-state index is -4.97. The standard InChI is InChI=1S/C21H15ClF5N4O5/c1-34-13-5-12(31(33)8-15(13)35-2)7-30-9-29-18(21(26,27)20(24)25)17(19(30)32)36-14-4-11(22)3-10(6-28)16(14)23/h3-5,8-9,20,33H,7H2,1-2H3/q+1. The molecule has 2 aromatic heterocycles. The van der Waals surface area contributed by atoms with Gasteiger partial charge in [0.25, 0.3) is 17.5 Å². The maximum Gasteiger partial charge on any atom is 0.352 e. The van der Waals surface area contributed by atoms with Gasteiger partial charge < -0.3 is 14.2 Å². The summed E-state index contributed by atoms with van der Waals surface area (Å²) in [4.78, 5) is 16.3. The van der Waals surface area contributed by atoms with Crippen LogP contribution in [-0.2, 0) is 12.5 Å². The van der Waals surface area contributed by atoms with E-state index in [0.29, 0.717) is 15.6 Å². The van der Waals surface area contributed by atoms with E-state index in [1.807, 2.05) is 0 Å². The molecule has 2 heterocycles. The molecule has 0 saturated carbocycles. The Labute approximate surface area is 204 Å². The van der Waals surface area contributed by atoms with E-state index < -0.39 is 53.0 Å². The predicted molar refractivity (Wildman–Crippen MR) is 111 cm³/mol. The molecule has 0 aliphatic rings. The van der Waals surface area contributed by atoms with Gasteiger partial charge in [0.2, 0.25) is 11.5 Å². The van der Waals surface area contributed by atoms with Crippen LogP contribution in [0.15, 0.2) is 35.5 Å². The van der Waals surface area contributed by atoms with Gasteiger partial charge in [0, 0.05) is 15.8 Å². The van der Waals surface area contributed by atoms with Crippen molar-refractivity contribution in [3.63, 3.8) is 0 Å². The molecule has 1 aromatic carbocycles. The molecule has 0 radical (unpaired) electrons. The third-order valence-corrected chi connectivity index (χ3v) is 4.99. The summed E-state index contributed by atoms with van der Waals surface area (Å²) in [5.41, 5.74) is -3.93. The van der Waals surface area contributed by atoms with Crippen molar-refractivity contribution in [2.45, 2.75) is 18.9 Å². The normalized spacial score (nSPS) is 11.3. The number of ether oxygens (including phenoxy) is 3. The van der Waals surface area contributed by atoms with Gasteiger partial charge >= 0.3 is 12.3 Å². The molecule has 0 atom stereocenters. The maximum atomic E-state index is 14.6. The second-order valence-corrected chi connectivity index (χ2v) is 7.44. The zero-order valence-corrected chi connectivity index (χ0v) is 19.1. The minimum Gasteiger partial charge on any atom is -0.492 e. The van der Waals surface area contributed by atoms with Crippen LogP contribution < -0.4 is 24.5 Å². The summed E-state index contributed by atoms with van der Waals surface area (Å²) < 4.78 is 85.6. The Morgan fingerprint density at radius 2 is 1.89 bits per heavy atom. The first-order valence-electron chi connectivity index (χ1n) is 9.63. The van der Waals surface area contributed by atoms with Gasteiger partial charge in [0.05, 0.1) is 32.2 Å². The monoisotopic (exact) mass is 533 g/mol. The Bertz CT molecular complexity index is 1410. The molecular weight excluding hydrogens is 519 g/mol. The zero-order chi connectivity index (χ0) is 26.8. The van der Waals surface area contributed by atoms with Crippen molar-refractivity contribution in [2.75, 3.05) is 14.2 Å². The van der Waals surface area contributed by atoms with Gasteiger partial charge in [0.15, 0.2) is 23.0 Å². The number of halogens is 6. The Morgan fingerprint density at radius 3 is 2.47 bits per heavy atom. The van der Waals surface area contributed by atoms with Gasteiger partial charge in [-0.1, -0.05) is 11.6 Å². The summed E-state index contributed by atoms with van der Waals surface area (Å²) in [6, 6.07) is 4.35.